The van der Waals surface area contributed by atoms with E-state index in [4.69, 9.17) is 0 Å². The van der Waals surface area contributed by atoms with E-state index in [0.717, 1.165) is 45.3 Å². The van der Waals surface area contributed by atoms with Crippen LogP contribution < -0.4 is 9.80 Å². The Labute approximate surface area is 447 Å². The third-order valence-electron chi connectivity index (χ3n) is 15.6. The molecular weight excluding hydrogens is 917 g/mol. The van der Waals surface area contributed by atoms with E-state index in [1.54, 1.807) is 0 Å². The van der Waals surface area contributed by atoms with E-state index < -0.39 is 0 Å². The number of benzene rings is 12. The number of hydrogen-bond donors (Lipinski definition) is 0. The van der Waals surface area contributed by atoms with Gasteiger partial charge < -0.3 is 9.80 Å². The quantitative estimate of drug-likeness (QED) is 0.127. The maximum Gasteiger partial charge on any atom is 0.0546 e. The van der Waals surface area contributed by atoms with Gasteiger partial charge in [0.2, 0.25) is 0 Å². The Morgan fingerprint density at radius 3 is 1.18 bits per heavy atom. The molecule has 0 aromatic heterocycles. The van der Waals surface area contributed by atoms with E-state index >= 15 is 0 Å². The molecule has 0 radical (unpaired) electrons. The number of aryl methyl sites for hydroxylation is 1. The smallest absolute Gasteiger partial charge is 0.0546 e. The zero-order chi connectivity index (χ0) is 51.2. The molecule has 2 heteroatoms. The van der Waals surface area contributed by atoms with Crippen molar-refractivity contribution in [2.24, 2.45) is 0 Å². The molecule has 2 nitrogen and oxygen atoms in total. The summed E-state index contributed by atoms with van der Waals surface area (Å²) in [6.07, 6.45) is 0. The van der Waals surface area contributed by atoms with Crippen molar-refractivity contribution in [2.45, 2.75) is 26.2 Å². The minimum Gasteiger partial charge on any atom is -0.311 e. The first kappa shape index (κ1) is 46.3. The summed E-state index contributed by atoms with van der Waals surface area (Å²) in [6, 6.07) is 105. The molecule has 0 aliphatic heterocycles. The predicted octanol–water partition coefficient (Wildman–Crippen LogP) is 20.7. The second-order valence-electron chi connectivity index (χ2n) is 20.5. The van der Waals surface area contributed by atoms with Crippen molar-refractivity contribution in [2.75, 3.05) is 9.80 Å². The Morgan fingerprint density at radius 1 is 0.250 bits per heavy atom. The van der Waals surface area contributed by atoms with E-state index in [-0.39, 0.29) is 5.41 Å². The van der Waals surface area contributed by atoms with Crippen LogP contribution in [-0.2, 0) is 5.41 Å². The van der Waals surface area contributed by atoms with E-state index in [2.05, 4.69) is 316 Å². The van der Waals surface area contributed by atoms with Gasteiger partial charge in [0.15, 0.2) is 0 Å². The molecule has 0 fully saturated rings. The zero-order valence-corrected chi connectivity index (χ0v) is 43.0. The standard InChI is InChI=1S/C74H56N2/c1-51-22-16-19-33-63(51)70-46-56-27-17-18-28-57(56)47-73(70)76(62-44-45-65-64-34-20-21-35-71(64)74(2,3)72(65)48-62)61-42-38-55(39-43-61)69-50-66(52-23-8-4-9-24-52)68(49-67(69)53-25-10-5-11-26-53)54-36-40-60(41-37-54)75(58-29-12-6-13-30-58)59-31-14-7-15-32-59/h4-50H,1-3H3. The molecule has 0 heterocycles. The second-order valence-corrected chi connectivity index (χ2v) is 20.5. The van der Waals surface area contributed by atoms with Crippen LogP contribution in [0.2, 0.25) is 0 Å². The van der Waals surface area contributed by atoms with Crippen molar-refractivity contribution in [3.63, 3.8) is 0 Å². The van der Waals surface area contributed by atoms with Gasteiger partial charge in [0, 0.05) is 39.4 Å². The van der Waals surface area contributed by atoms with Crippen molar-refractivity contribution in [1.82, 2.24) is 0 Å². The molecule has 0 amide bonds. The number of rotatable bonds is 11. The molecule has 0 unspecified atom stereocenters. The van der Waals surface area contributed by atoms with E-state index in [9.17, 15) is 0 Å². The van der Waals surface area contributed by atoms with Crippen LogP contribution in [0.25, 0.3) is 77.5 Å². The summed E-state index contributed by atoms with van der Waals surface area (Å²) < 4.78 is 0. The van der Waals surface area contributed by atoms with Crippen LogP contribution in [0.1, 0.15) is 30.5 Å². The highest BCUT2D eigenvalue weighted by molar-refractivity contribution is 6.00. The molecule has 1 aliphatic rings. The Bertz CT molecular complexity index is 4010. The lowest BCUT2D eigenvalue weighted by atomic mass is 9.82. The first-order valence-corrected chi connectivity index (χ1v) is 26.4. The molecule has 0 atom stereocenters. The molecule has 362 valence electrons. The van der Waals surface area contributed by atoms with Gasteiger partial charge in [0.1, 0.15) is 0 Å². The van der Waals surface area contributed by atoms with Crippen molar-refractivity contribution < 1.29 is 0 Å². The third-order valence-corrected chi connectivity index (χ3v) is 15.6. The van der Waals surface area contributed by atoms with Crippen LogP contribution in [0.3, 0.4) is 0 Å². The predicted molar refractivity (Wildman–Crippen MR) is 323 cm³/mol. The van der Waals surface area contributed by atoms with Gasteiger partial charge >= 0.3 is 0 Å². The molecule has 0 saturated heterocycles. The Balaban J connectivity index is 0.979. The fourth-order valence-corrected chi connectivity index (χ4v) is 11.7. The number of fused-ring (bicyclic) bond motifs is 4. The molecule has 13 rings (SSSR count). The summed E-state index contributed by atoms with van der Waals surface area (Å²) in [6.45, 7) is 6.97. The SMILES string of the molecule is Cc1ccccc1-c1cc2ccccc2cc1N(c1ccc(-c2cc(-c3ccccc3)c(-c3ccc(N(c4ccccc4)c4ccccc4)cc3)cc2-c2ccccc2)cc1)c1ccc2c(c1)C(C)(C)c1ccccc1-2. The highest BCUT2D eigenvalue weighted by Gasteiger charge is 2.36. The molecule has 0 bridgehead atoms. The van der Waals surface area contributed by atoms with E-state index in [0.29, 0.717) is 0 Å². The molecule has 1 aliphatic carbocycles. The minimum atomic E-state index is -0.164. The minimum absolute atomic E-state index is 0.164. The van der Waals surface area contributed by atoms with Gasteiger partial charge in [0.05, 0.1) is 5.69 Å². The average Bonchev–Trinajstić information content (AvgIpc) is 3.76. The maximum absolute atomic E-state index is 2.49. The topological polar surface area (TPSA) is 6.48 Å². The van der Waals surface area contributed by atoms with Crippen LogP contribution in [-0.4, -0.2) is 0 Å². The summed E-state index contributed by atoms with van der Waals surface area (Å²) >= 11 is 0. The molecule has 76 heavy (non-hydrogen) atoms. The lowest BCUT2D eigenvalue weighted by Crippen LogP contribution is -2.17. The largest absolute Gasteiger partial charge is 0.311 e. The Morgan fingerprint density at radius 2 is 0.645 bits per heavy atom. The van der Waals surface area contributed by atoms with E-state index in [1.807, 2.05) is 0 Å². The third kappa shape index (κ3) is 8.35. The van der Waals surface area contributed by atoms with Crippen LogP contribution in [0, 0.1) is 6.92 Å². The highest BCUT2D eigenvalue weighted by Crippen LogP contribution is 2.52. The zero-order valence-electron chi connectivity index (χ0n) is 43.0. The first-order chi connectivity index (χ1) is 37.4. The van der Waals surface area contributed by atoms with Crippen LogP contribution >= 0.6 is 0 Å². The molecule has 0 spiro atoms. The van der Waals surface area contributed by atoms with Gasteiger partial charge in [-0.05, 0) is 181 Å². The fourth-order valence-electron chi connectivity index (χ4n) is 11.7. The average molecular weight is 973 g/mol. The molecule has 12 aromatic rings. The van der Waals surface area contributed by atoms with Crippen molar-refractivity contribution in [3.05, 3.63) is 302 Å². The molecule has 0 saturated carbocycles. The number of para-hydroxylation sites is 2. The number of hydrogen-bond acceptors (Lipinski definition) is 2. The maximum atomic E-state index is 2.49. The summed E-state index contributed by atoms with van der Waals surface area (Å²) in [4.78, 5) is 4.81. The summed E-state index contributed by atoms with van der Waals surface area (Å²) in [5.74, 6) is 0. The van der Waals surface area contributed by atoms with Gasteiger partial charge in [-0.3, -0.25) is 0 Å². The fraction of sp³-hybridized carbons (Fsp3) is 0.0541. The van der Waals surface area contributed by atoms with Gasteiger partial charge in [0.25, 0.3) is 0 Å². The number of nitrogens with zero attached hydrogens (tertiary/aromatic N) is 2. The highest BCUT2D eigenvalue weighted by atomic mass is 15.1. The molecular formula is C74H56N2. The van der Waals surface area contributed by atoms with Crippen molar-refractivity contribution in [3.8, 4) is 66.8 Å². The first-order valence-electron chi connectivity index (χ1n) is 26.4. The number of anilines is 6. The lowest BCUT2D eigenvalue weighted by molar-refractivity contribution is 0.660. The second kappa shape index (κ2) is 19.4. The Hall–Kier alpha value is -9.50. The Kier molecular flexibility index (Phi) is 11.8. The summed E-state index contributed by atoms with van der Waals surface area (Å²) in [7, 11) is 0. The lowest BCUT2D eigenvalue weighted by Gasteiger charge is -2.30. The van der Waals surface area contributed by atoms with Crippen LogP contribution in [0.15, 0.2) is 285 Å². The van der Waals surface area contributed by atoms with Gasteiger partial charge in [-0.25, -0.2) is 0 Å². The van der Waals surface area contributed by atoms with Crippen molar-refractivity contribution >= 4 is 44.9 Å². The van der Waals surface area contributed by atoms with Gasteiger partial charge in [-0.15, -0.1) is 0 Å². The summed E-state index contributed by atoms with van der Waals surface area (Å²) in [5.41, 5.74) is 24.8. The monoisotopic (exact) mass is 972 g/mol. The molecule has 12 aromatic carbocycles. The van der Waals surface area contributed by atoms with E-state index in [1.165, 1.54) is 83.1 Å². The van der Waals surface area contributed by atoms with Crippen molar-refractivity contribution in [1.29, 1.82) is 0 Å². The summed E-state index contributed by atoms with van der Waals surface area (Å²) in [5, 5.41) is 2.42. The van der Waals surface area contributed by atoms with Gasteiger partial charge in [-0.1, -0.05) is 214 Å². The van der Waals surface area contributed by atoms with Crippen LogP contribution in [0.4, 0.5) is 34.1 Å². The normalized spacial score (nSPS) is 12.2. The van der Waals surface area contributed by atoms with Crippen LogP contribution in [0.5, 0.6) is 0 Å². The van der Waals surface area contributed by atoms with Gasteiger partial charge in [-0.2, -0.15) is 0 Å². The molecule has 0 N–H and O–H groups in total.